The molecular weight excluding hydrogens is 414 g/mol. The third kappa shape index (κ3) is 5.82. The number of halogens is 2. The van der Waals surface area contributed by atoms with Gasteiger partial charge in [0.2, 0.25) is 0 Å². The number of rotatable bonds is 5. The van der Waals surface area contributed by atoms with Gasteiger partial charge in [-0.15, -0.1) is 0 Å². The summed E-state index contributed by atoms with van der Waals surface area (Å²) in [5.74, 6) is 0.325. The number of thiol groups is 1. The van der Waals surface area contributed by atoms with Gasteiger partial charge in [0.1, 0.15) is 18.2 Å². The summed E-state index contributed by atoms with van der Waals surface area (Å²) < 4.78 is 34.8. The lowest BCUT2D eigenvalue weighted by molar-refractivity contribution is 0.286. The van der Waals surface area contributed by atoms with Crippen LogP contribution in [-0.4, -0.2) is 16.2 Å². The molecule has 3 nitrogen and oxygen atoms in total. The Labute approximate surface area is 188 Å². The minimum Gasteiger partial charge on any atom is -0.484 e. The van der Waals surface area contributed by atoms with Crippen LogP contribution in [0.25, 0.3) is 11.1 Å². The van der Waals surface area contributed by atoms with Crippen LogP contribution in [0.2, 0.25) is 0 Å². The molecule has 6 heteroatoms. The van der Waals surface area contributed by atoms with E-state index in [1.165, 1.54) is 31.4 Å². The summed E-state index contributed by atoms with van der Waals surface area (Å²) in [6.45, 7) is 1.97. The highest BCUT2D eigenvalue weighted by atomic mass is 32.1. The Kier molecular flexibility index (Phi) is 8.41. The van der Waals surface area contributed by atoms with E-state index >= 15 is 0 Å². The summed E-state index contributed by atoms with van der Waals surface area (Å²) in [6.07, 6.45) is 9.32. The van der Waals surface area contributed by atoms with Gasteiger partial charge in [-0.05, 0) is 50.3 Å². The monoisotopic (exact) mass is 442 g/mol. The number of hydrogen-bond donors (Lipinski definition) is 1. The lowest BCUT2D eigenvalue weighted by Crippen LogP contribution is -2.11. The highest BCUT2D eigenvalue weighted by Crippen LogP contribution is 2.35. The molecule has 1 heterocycles. The summed E-state index contributed by atoms with van der Waals surface area (Å²) in [5.41, 5.74) is 2.31. The Morgan fingerprint density at radius 1 is 0.968 bits per heavy atom. The maximum absolute atomic E-state index is 14.6. The van der Waals surface area contributed by atoms with Crippen LogP contribution < -0.4 is 4.74 Å². The van der Waals surface area contributed by atoms with E-state index in [1.807, 2.05) is 6.92 Å². The molecule has 31 heavy (non-hydrogen) atoms. The molecule has 0 atom stereocenters. The molecule has 1 aliphatic rings. The van der Waals surface area contributed by atoms with Crippen molar-refractivity contribution in [2.75, 3.05) is 6.26 Å². The van der Waals surface area contributed by atoms with Gasteiger partial charge in [-0.25, -0.2) is 18.7 Å². The first-order valence-electron chi connectivity index (χ1n) is 10.6. The van der Waals surface area contributed by atoms with Gasteiger partial charge < -0.3 is 4.74 Å². The fourth-order valence-electron chi connectivity index (χ4n) is 3.91. The second-order valence-corrected chi connectivity index (χ2v) is 7.63. The van der Waals surface area contributed by atoms with E-state index in [4.69, 9.17) is 4.74 Å². The van der Waals surface area contributed by atoms with Gasteiger partial charge in [0.15, 0.2) is 11.6 Å². The number of para-hydroxylation sites is 1. The Bertz CT molecular complexity index is 1010. The van der Waals surface area contributed by atoms with Crippen molar-refractivity contribution in [3.63, 3.8) is 0 Å². The van der Waals surface area contributed by atoms with Gasteiger partial charge in [-0.3, -0.25) is 0 Å². The summed E-state index contributed by atoms with van der Waals surface area (Å²) in [5, 5.41) is 0. The molecule has 4 rings (SSSR count). The molecule has 1 aromatic heterocycles. The zero-order valence-corrected chi connectivity index (χ0v) is 18.8. The van der Waals surface area contributed by atoms with E-state index in [9.17, 15) is 8.78 Å². The Hall–Kier alpha value is -2.47. The largest absolute Gasteiger partial charge is 0.484 e. The summed E-state index contributed by atoms with van der Waals surface area (Å²) in [7, 11) is 0. The smallest absolute Gasteiger partial charge is 0.165 e. The van der Waals surface area contributed by atoms with E-state index < -0.39 is 11.6 Å². The van der Waals surface area contributed by atoms with Crippen molar-refractivity contribution >= 4 is 12.6 Å². The topological polar surface area (TPSA) is 35.0 Å². The average molecular weight is 443 g/mol. The van der Waals surface area contributed by atoms with Gasteiger partial charge >= 0.3 is 0 Å². The molecule has 164 valence electrons. The second-order valence-electron chi connectivity index (χ2n) is 7.63. The van der Waals surface area contributed by atoms with Crippen molar-refractivity contribution in [1.82, 2.24) is 9.97 Å². The van der Waals surface area contributed by atoms with Crippen molar-refractivity contribution in [2.24, 2.45) is 0 Å². The number of ether oxygens (including phenoxy) is 1. The number of benzene rings is 2. The Balaban J connectivity index is 0.00000132. The normalized spacial score (nSPS) is 14.0. The van der Waals surface area contributed by atoms with E-state index in [1.54, 1.807) is 42.8 Å². The molecule has 0 radical (unpaired) electrons. The zero-order valence-electron chi connectivity index (χ0n) is 17.9. The minimum absolute atomic E-state index is 0.0369. The molecular formula is C25H28F2N2OS. The standard InChI is InChI=1S/C24H24F2N2O.CH4S/c1-16-10-11-21(25)20(14-16)19-8-5-9-22(26)23(19)29-15-18-12-13-27-24(28-18)17-6-3-2-4-7-17;1-2/h5,8-14,17H,2-4,6-7,15H2,1H3;2H,1H3. The van der Waals surface area contributed by atoms with Gasteiger partial charge in [-0.1, -0.05) is 43.0 Å². The maximum Gasteiger partial charge on any atom is 0.165 e. The van der Waals surface area contributed by atoms with Crippen LogP contribution in [0.1, 0.15) is 55.1 Å². The molecule has 1 saturated carbocycles. The molecule has 0 amide bonds. The molecule has 0 N–H and O–H groups in total. The van der Waals surface area contributed by atoms with Crippen LogP contribution in [0, 0.1) is 18.6 Å². The molecule has 1 fully saturated rings. The highest BCUT2D eigenvalue weighted by molar-refractivity contribution is 7.79. The van der Waals surface area contributed by atoms with Gasteiger partial charge in [0, 0.05) is 23.2 Å². The van der Waals surface area contributed by atoms with Crippen LogP contribution in [0.4, 0.5) is 8.78 Å². The number of hydrogen-bond acceptors (Lipinski definition) is 4. The molecule has 0 bridgehead atoms. The van der Waals surface area contributed by atoms with Crippen LogP contribution in [0.15, 0.2) is 48.7 Å². The number of aromatic nitrogens is 2. The highest BCUT2D eigenvalue weighted by Gasteiger charge is 2.19. The zero-order chi connectivity index (χ0) is 22.2. The lowest BCUT2D eigenvalue weighted by atomic mass is 9.89. The van der Waals surface area contributed by atoms with Crippen molar-refractivity contribution in [3.8, 4) is 16.9 Å². The molecule has 0 unspecified atom stereocenters. The quantitative estimate of drug-likeness (QED) is 0.436. The Morgan fingerprint density at radius 2 is 1.74 bits per heavy atom. The molecule has 1 aliphatic carbocycles. The van der Waals surface area contributed by atoms with E-state index in [-0.39, 0.29) is 12.4 Å². The SMILES string of the molecule is CS.Cc1ccc(F)c(-c2cccc(F)c2OCc2ccnc(C3CCCCC3)n2)c1. The predicted molar refractivity (Wildman–Crippen MR) is 124 cm³/mol. The van der Waals surface area contributed by atoms with Crippen LogP contribution in [0.5, 0.6) is 5.75 Å². The fourth-order valence-corrected chi connectivity index (χ4v) is 3.91. The van der Waals surface area contributed by atoms with Crippen LogP contribution >= 0.6 is 12.6 Å². The summed E-state index contributed by atoms with van der Waals surface area (Å²) >= 11 is 3.53. The first-order chi connectivity index (χ1) is 15.1. The maximum atomic E-state index is 14.6. The third-order valence-electron chi connectivity index (χ3n) is 5.45. The second kappa shape index (κ2) is 11.2. The third-order valence-corrected chi connectivity index (χ3v) is 5.45. The molecule has 0 spiro atoms. The van der Waals surface area contributed by atoms with Crippen molar-refractivity contribution in [1.29, 1.82) is 0 Å². The summed E-state index contributed by atoms with van der Waals surface area (Å²) in [6, 6.07) is 11.1. The number of nitrogens with zero attached hydrogens (tertiary/aromatic N) is 2. The number of aryl methyl sites for hydroxylation is 1. The Morgan fingerprint density at radius 3 is 2.52 bits per heavy atom. The lowest BCUT2D eigenvalue weighted by Gasteiger charge is -2.20. The van der Waals surface area contributed by atoms with Crippen molar-refractivity contribution in [3.05, 3.63) is 77.4 Å². The van der Waals surface area contributed by atoms with Crippen molar-refractivity contribution < 1.29 is 13.5 Å². The van der Waals surface area contributed by atoms with Crippen LogP contribution in [0.3, 0.4) is 0 Å². The first kappa shape index (κ1) is 23.2. The van der Waals surface area contributed by atoms with E-state index in [0.717, 1.165) is 24.2 Å². The van der Waals surface area contributed by atoms with Gasteiger partial charge in [-0.2, -0.15) is 12.6 Å². The molecule has 2 aromatic carbocycles. The van der Waals surface area contributed by atoms with E-state index in [0.29, 0.717) is 22.7 Å². The molecule has 3 aromatic rings. The van der Waals surface area contributed by atoms with Crippen LogP contribution in [-0.2, 0) is 6.61 Å². The van der Waals surface area contributed by atoms with E-state index in [2.05, 4.69) is 22.6 Å². The fraction of sp³-hybridized carbons (Fsp3) is 0.360. The minimum atomic E-state index is -0.523. The van der Waals surface area contributed by atoms with Gasteiger partial charge in [0.05, 0.1) is 5.69 Å². The molecule has 0 aliphatic heterocycles. The summed E-state index contributed by atoms with van der Waals surface area (Å²) in [4.78, 5) is 9.07. The first-order valence-corrected chi connectivity index (χ1v) is 11.5. The molecule has 0 saturated heterocycles. The van der Waals surface area contributed by atoms with Crippen molar-refractivity contribution in [2.45, 2.75) is 51.6 Å². The predicted octanol–water partition coefficient (Wildman–Crippen LogP) is 6.90. The average Bonchev–Trinajstić information content (AvgIpc) is 2.82. The van der Waals surface area contributed by atoms with Gasteiger partial charge in [0.25, 0.3) is 0 Å².